The number of hydrogen-bond donors (Lipinski definition) is 2. The first-order valence-corrected chi connectivity index (χ1v) is 6.86. The quantitative estimate of drug-likeness (QED) is 0.533. The van der Waals surface area contributed by atoms with E-state index in [1.807, 2.05) is 6.92 Å². The minimum Gasteiger partial charge on any atom is -0.382 e. The molecule has 0 radical (unpaired) electrons. The van der Waals surface area contributed by atoms with Crippen LogP contribution in [0.4, 0.5) is 0 Å². The third-order valence-corrected chi connectivity index (χ3v) is 3.30. The molecule has 1 saturated heterocycles. The van der Waals surface area contributed by atoms with Gasteiger partial charge in [0.1, 0.15) is 0 Å². The Balaban J connectivity index is 1.97. The van der Waals surface area contributed by atoms with Crippen LogP contribution >= 0.6 is 12.2 Å². The molecule has 5 heteroatoms. The van der Waals surface area contributed by atoms with Crippen LogP contribution in [0.3, 0.4) is 0 Å². The summed E-state index contributed by atoms with van der Waals surface area (Å²) in [6.45, 7) is 8.34. The van der Waals surface area contributed by atoms with Crippen LogP contribution in [0, 0.1) is 5.92 Å². The van der Waals surface area contributed by atoms with Gasteiger partial charge in [0.2, 0.25) is 0 Å². The van der Waals surface area contributed by atoms with E-state index in [1.165, 1.54) is 0 Å². The van der Waals surface area contributed by atoms with E-state index in [-0.39, 0.29) is 0 Å². The van der Waals surface area contributed by atoms with Crippen LogP contribution in [0.25, 0.3) is 0 Å². The maximum atomic E-state index is 5.50. The average Bonchev–Trinajstić information content (AvgIpc) is 2.72. The Labute approximate surface area is 109 Å². The number of thiocarbonyl (C=S) groups is 1. The molecule has 0 saturated carbocycles. The fourth-order valence-corrected chi connectivity index (χ4v) is 2.04. The van der Waals surface area contributed by atoms with Crippen molar-refractivity contribution in [2.45, 2.75) is 32.8 Å². The van der Waals surface area contributed by atoms with Crippen LogP contribution in [-0.4, -0.2) is 44.1 Å². The number of rotatable bonds is 7. The fraction of sp³-hybridized carbons (Fsp3) is 0.917. The average molecular weight is 260 g/mol. The van der Waals surface area contributed by atoms with Crippen molar-refractivity contribution in [1.82, 2.24) is 10.6 Å². The first-order chi connectivity index (χ1) is 8.24. The molecule has 0 aromatic rings. The molecule has 0 aromatic heterocycles. The predicted octanol–water partition coefficient (Wildman–Crippen LogP) is 1.30. The summed E-state index contributed by atoms with van der Waals surface area (Å²) >= 11 is 5.20. The van der Waals surface area contributed by atoms with Gasteiger partial charge in [-0.05, 0) is 38.9 Å². The van der Waals surface area contributed by atoms with E-state index in [9.17, 15) is 0 Å². The van der Waals surface area contributed by atoms with Crippen LogP contribution in [0.5, 0.6) is 0 Å². The van der Waals surface area contributed by atoms with E-state index >= 15 is 0 Å². The van der Waals surface area contributed by atoms with Gasteiger partial charge in [-0.25, -0.2) is 0 Å². The molecule has 2 atom stereocenters. The summed E-state index contributed by atoms with van der Waals surface area (Å²) < 4.78 is 10.8. The van der Waals surface area contributed by atoms with Gasteiger partial charge in [0.05, 0.1) is 6.10 Å². The van der Waals surface area contributed by atoms with Gasteiger partial charge in [0.25, 0.3) is 0 Å². The summed E-state index contributed by atoms with van der Waals surface area (Å²) in [7, 11) is 0. The number of ether oxygens (including phenoxy) is 2. The van der Waals surface area contributed by atoms with E-state index in [1.54, 1.807) is 0 Å². The van der Waals surface area contributed by atoms with Gasteiger partial charge in [-0.2, -0.15) is 0 Å². The summed E-state index contributed by atoms with van der Waals surface area (Å²) in [4.78, 5) is 0. The smallest absolute Gasteiger partial charge is 0.166 e. The van der Waals surface area contributed by atoms with Gasteiger partial charge in [-0.15, -0.1) is 0 Å². The first-order valence-electron chi connectivity index (χ1n) is 6.45. The Kier molecular flexibility index (Phi) is 7.48. The van der Waals surface area contributed by atoms with Crippen LogP contribution in [0.1, 0.15) is 26.7 Å². The van der Waals surface area contributed by atoms with Crippen molar-refractivity contribution in [2.24, 2.45) is 5.92 Å². The molecule has 1 heterocycles. The molecule has 17 heavy (non-hydrogen) atoms. The van der Waals surface area contributed by atoms with Crippen LogP contribution in [0.2, 0.25) is 0 Å². The number of nitrogens with one attached hydrogen (secondary N) is 2. The second-order valence-electron chi connectivity index (χ2n) is 4.31. The Hall–Kier alpha value is -0.390. The third-order valence-electron chi connectivity index (χ3n) is 3.01. The Morgan fingerprint density at radius 2 is 2.29 bits per heavy atom. The molecule has 1 rings (SSSR count). The lowest BCUT2D eigenvalue weighted by Crippen LogP contribution is -2.39. The van der Waals surface area contributed by atoms with Crippen molar-refractivity contribution >= 4 is 17.3 Å². The SMILES string of the molecule is CCOCCCNC(=S)NCC1CCOC1C. The Bertz CT molecular complexity index is 227. The highest BCUT2D eigenvalue weighted by molar-refractivity contribution is 7.80. The minimum absolute atomic E-state index is 0.350. The molecule has 0 aliphatic carbocycles. The molecule has 0 spiro atoms. The van der Waals surface area contributed by atoms with Crippen molar-refractivity contribution in [3.05, 3.63) is 0 Å². The third kappa shape index (κ3) is 6.19. The van der Waals surface area contributed by atoms with Crippen LogP contribution in [-0.2, 0) is 9.47 Å². The first kappa shape index (κ1) is 14.7. The lowest BCUT2D eigenvalue weighted by Gasteiger charge is -2.16. The van der Waals surface area contributed by atoms with Gasteiger partial charge in [-0.1, -0.05) is 0 Å². The van der Waals surface area contributed by atoms with Gasteiger partial charge >= 0.3 is 0 Å². The summed E-state index contributed by atoms with van der Waals surface area (Å²) in [6.07, 6.45) is 2.46. The van der Waals surface area contributed by atoms with Crippen molar-refractivity contribution in [3.63, 3.8) is 0 Å². The molecule has 1 aliphatic heterocycles. The molecule has 0 aromatic carbocycles. The van der Waals surface area contributed by atoms with E-state index in [0.29, 0.717) is 12.0 Å². The largest absolute Gasteiger partial charge is 0.382 e. The van der Waals surface area contributed by atoms with E-state index < -0.39 is 0 Å². The highest BCUT2D eigenvalue weighted by Gasteiger charge is 2.23. The van der Waals surface area contributed by atoms with E-state index in [0.717, 1.165) is 50.9 Å². The molecule has 2 unspecified atom stereocenters. The molecule has 2 N–H and O–H groups in total. The van der Waals surface area contributed by atoms with Gasteiger partial charge < -0.3 is 20.1 Å². The van der Waals surface area contributed by atoms with Crippen molar-refractivity contribution in [3.8, 4) is 0 Å². The summed E-state index contributed by atoms with van der Waals surface area (Å²) in [5, 5.41) is 7.16. The molecule has 1 fully saturated rings. The normalized spacial score (nSPS) is 23.6. The molecular formula is C12H24N2O2S. The predicted molar refractivity (Wildman–Crippen MR) is 73.2 cm³/mol. The molecule has 1 aliphatic rings. The number of hydrogen-bond acceptors (Lipinski definition) is 3. The lowest BCUT2D eigenvalue weighted by atomic mass is 10.0. The second-order valence-corrected chi connectivity index (χ2v) is 4.72. The van der Waals surface area contributed by atoms with Crippen molar-refractivity contribution in [2.75, 3.05) is 32.9 Å². The van der Waals surface area contributed by atoms with Crippen LogP contribution < -0.4 is 10.6 Å². The highest BCUT2D eigenvalue weighted by atomic mass is 32.1. The van der Waals surface area contributed by atoms with Gasteiger partial charge in [-0.3, -0.25) is 0 Å². The van der Waals surface area contributed by atoms with Gasteiger partial charge in [0, 0.05) is 38.8 Å². The molecule has 0 bridgehead atoms. The maximum Gasteiger partial charge on any atom is 0.166 e. The zero-order valence-electron chi connectivity index (χ0n) is 10.8. The van der Waals surface area contributed by atoms with Crippen molar-refractivity contribution in [1.29, 1.82) is 0 Å². The Morgan fingerprint density at radius 1 is 1.47 bits per heavy atom. The second kappa shape index (κ2) is 8.66. The monoisotopic (exact) mass is 260 g/mol. The molecule has 4 nitrogen and oxygen atoms in total. The minimum atomic E-state index is 0.350. The van der Waals surface area contributed by atoms with Crippen molar-refractivity contribution < 1.29 is 9.47 Å². The summed E-state index contributed by atoms with van der Waals surface area (Å²) in [5.74, 6) is 0.582. The molecule has 100 valence electrons. The van der Waals surface area contributed by atoms with E-state index in [2.05, 4.69) is 17.6 Å². The topological polar surface area (TPSA) is 42.5 Å². The van der Waals surface area contributed by atoms with Gasteiger partial charge in [0.15, 0.2) is 5.11 Å². The highest BCUT2D eigenvalue weighted by Crippen LogP contribution is 2.18. The standard InChI is InChI=1S/C12H24N2O2S/c1-3-15-7-4-6-13-12(17)14-9-11-5-8-16-10(11)2/h10-11H,3-9H2,1-2H3,(H2,13,14,17). The molecular weight excluding hydrogens is 236 g/mol. The maximum absolute atomic E-state index is 5.50. The zero-order valence-corrected chi connectivity index (χ0v) is 11.6. The zero-order chi connectivity index (χ0) is 12.5. The molecule has 0 amide bonds. The fourth-order valence-electron chi connectivity index (χ4n) is 1.85. The Morgan fingerprint density at radius 3 is 2.94 bits per heavy atom. The summed E-state index contributed by atoms with van der Waals surface area (Å²) in [5.41, 5.74) is 0. The lowest BCUT2D eigenvalue weighted by molar-refractivity contribution is 0.106. The summed E-state index contributed by atoms with van der Waals surface area (Å²) in [6, 6.07) is 0. The van der Waals surface area contributed by atoms with Crippen LogP contribution in [0.15, 0.2) is 0 Å². The van der Waals surface area contributed by atoms with E-state index in [4.69, 9.17) is 21.7 Å².